The van der Waals surface area contributed by atoms with E-state index in [0.29, 0.717) is 0 Å². The molecule has 25 heavy (non-hydrogen) atoms. The van der Waals surface area contributed by atoms with Gasteiger partial charge in [-0.15, -0.1) is 11.8 Å². The van der Waals surface area contributed by atoms with Crippen LogP contribution in [-0.4, -0.2) is 15.7 Å². The summed E-state index contributed by atoms with van der Waals surface area (Å²) < 4.78 is 1.87. The Hall–Kier alpha value is -2.52. The average molecular weight is 345 g/mol. The van der Waals surface area contributed by atoms with Gasteiger partial charge in [0.2, 0.25) is 5.91 Å². The maximum atomic E-state index is 13.2. The molecule has 0 fully saturated rings. The molecule has 0 aliphatic heterocycles. The molecule has 3 heteroatoms. The highest BCUT2D eigenvalue weighted by Crippen LogP contribution is 2.31. The molecule has 0 aliphatic carbocycles. The fraction of sp³-hybridized carbons (Fsp3) is 0.136. The van der Waals surface area contributed by atoms with Crippen LogP contribution in [0, 0.1) is 6.92 Å². The minimum absolute atomic E-state index is 0.114. The molecule has 1 heterocycles. The molecule has 4 rings (SSSR count). The van der Waals surface area contributed by atoms with Gasteiger partial charge in [0.05, 0.1) is 16.3 Å². The first-order valence-electron chi connectivity index (χ1n) is 8.41. The Morgan fingerprint density at radius 2 is 1.36 bits per heavy atom. The molecule has 1 aromatic heterocycles. The van der Waals surface area contributed by atoms with E-state index >= 15 is 0 Å². The first kappa shape index (κ1) is 16.0. The maximum absolute atomic E-state index is 13.2. The second kappa shape index (κ2) is 6.41. The van der Waals surface area contributed by atoms with Crippen LogP contribution in [0.5, 0.6) is 0 Å². The van der Waals surface area contributed by atoms with Gasteiger partial charge < -0.3 is 0 Å². The maximum Gasteiger partial charge on any atom is 0.244 e. The van der Waals surface area contributed by atoms with Crippen molar-refractivity contribution in [3.05, 3.63) is 78.4 Å². The number of aromatic nitrogens is 1. The highest BCUT2D eigenvalue weighted by molar-refractivity contribution is 8.00. The van der Waals surface area contributed by atoms with Crippen LogP contribution in [0.1, 0.15) is 17.3 Å². The Labute approximate surface area is 151 Å². The van der Waals surface area contributed by atoms with Gasteiger partial charge in [-0.3, -0.25) is 9.36 Å². The molecule has 0 saturated carbocycles. The van der Waals surface area contributed by atoms with Crippen molar-refractivity contribution < 1.29 is 4.79 Å². The number of rotatable bonds is 3. The predicted octanol–water partition coefficient (Wildman–Crippen LogP) is 5.92. The molecule has 2 nitrogen and oxygen atoms in total. The fourth-order valence-corrected chi connectivity index (χ4v) is 4.12. The van der Waals surface area contributed by atoms with Gasteiger partial charge in [-0.2, -0.15) is 0 Å². The number of hydrogen-bond acceptors (Lipinski definition) is 2. The zero-order valence-electron chi connectivity index (χ0n) is 14.3. The van der Waals surface area contributed by atoms with Gasteiger partial charge in [-0.05, 0) is 38.1 Å². The summed E-state index contributed by atoms with van der Waals surface area (Å²) in [5.74, 6) is 0.114. The number of benzene rings is 3. The van der Waals surface area contributed by atoms with E-state index in [0.717, 1.165) is 26.7 Å². The predicted molar refractivity (Wildman–Crippen MR) is 107 cm³/mol. The minimum atomic E-state index is -0.165. The quantitative estimate of drug-likeness (QED) is 0.430. The standard InChI is InChI=1S/C22H19NOS/c1-15-11-13-17(14-12-15)25-16(2)22(24)23-20-9-5-3-7-18(20)19-8-4-6-10-21(19)23/h3-14,16H,1-2H3. The van der Waals surface area contributed by atoms with Gasteiger partial charge >= 0.3 is 0 Å². The lowest BCUT2D eigenvalue weighted by Crippen LogP contribution is -2.21. The molecule has 0 bridgehead atoms. The van der Waals surface area contributed by atoms with Gasteiger partial charge in [0, 0.05) is 15.7 Å². The van der Waals surface area contributed by atoms with Crippen molar-refractivity contribution in [2.75, 3.05) is 0 Å². The van der Waals surface area contributed by atoms with Crippen LogP contribution in [-0.2, 0) is 0 Å². The number of aryl methyl sites for hydroxylation is 1. The Bertz CT molecular complexity index is 1010. The largest absolute Gasteiger partial charge is 0.279 e. The first-order chi connectivity index (χ1) is 12.1. The second-order valence-electron chi connectivity index (χ2n) is 6.28. The van der Waals surface area contributed by atoms with Gasteiger partial charge in [0.15, 0.2) is 0 Å². The smallest absolute Gasteiger partial charge is 0.244 e. The van der Waals surface area contributed by atoms with Gasteiger partial charge in [0.1, 0.15) is 0 Å². The Kier molecular flexibility index (Phi) is 4.10. The van der Waals surface area contributed by atoms with E-state index < -0.39 is 0 Å². The third-order valence-corrected chi connectivity index (χ3v) is 5.58. The molecule has 0 N–H and O–H groups in total. The summed E-state index contributed by atoms with van der Waals surface area (Å²) >= 11 is 1.61. The normalized spacial score (nSPS) is 12.6. The number of thioether (sulfide) groups is 1. The molecule has 0 radical (unpaired) electrons. The molecule has 0 spiro atoms. The summed E-state index contributed by atoms with van der Waals surface area (Å²) in [6.45, 7) is 4.05. The van der Waals surface area contributed by atoms with Crippen LogP contribution in [0.2, 0.25) is 0 Å². The van der Waals surface area contributed by atoms with Crippen molar-refractivity contribution in [2.45, 2.75) is 24.0 Å². The molecule has 1 atom stereocenters. The number of carbonyl (C=O) groups is 1. The summed E-state index contributed by atoms with van der Waals surface area (Å²) in [6.07, 6.45) is 0. The summed E-state index contributed by atoms with van der Waals surface area (Å²) in [5, 5.41) is 2.08. The van der Waals surface area contributed by atoms with E-state index in [1.165, 1.54) is 5.56 Å². The van der Waals surface area contributed by atoms with Crippen LogP contribution in [0.4, 0.5) is 0 Å². The summed E-state index contributed by atoms with van der Waals surface area (Å²) in [4.78, 5) is 14.4. The number of carbonyl (C=O) groups excluding carboxylic acids is 1. The van der Waals surface area contributed by atoms with Gasteiger partial charge in [-0.25, -0.2) is 0 Å². The molecule has 0 aliphatic rings. The minimum Gasteiger partial charge on any atom is -0.279 e. The number of para-hydroxylation sites is 2. The van der Waals surface area contributed by atoms with Crippen LogP contribution in [0.3, 0.4) is 0 Å². The zero-order valence-corrected chi connectivity index (χ0v) is 15.1. The topological polar surface area (TPSA) is 22.0 Å². The van der Waals surface area contributed by atoms with Gasteiger partial charge in [-0.1, -0.05) is 54.1 Å². The molecule has 0 amide bonds. The Morgan fingerprint density at radius 1 is 0.840 bits per heavy atom. The van der Waals surface area contributed by atoms with E-state index in [1.54, 1.807) is 11.8 Å². The summed E-state index contributed by atoms with van der Waals surface area (Å²) in [6, 6.07) is 24.6. The molecular weight excluding hydrogens is 326 g/mol. The van der Waals surface area contributed by atoms with Crippen molar-refractivity contribution in [1.82, 2.24) is 4.57 Å². The second-order valence-corrected chi connectivity index (χ2v) is 7.70. The van der Waals surface area contributed by atoms with E-state index in [9.17, 15) is 4.79 Å². The number of hydrogen-bond donors (Lipinski definition) is 0. The molecular formula is C22H19NOS. The van der Waals surface area contributed by atoms with Crippen molar-refractivity contribution >= 4 is 39.5 Å². The summed E-state index contributed by atoms with van der Waals surface area (Å²) in [5.41, 5.74) is 3.18. The van der Waals surface area contributed by atoms with Crippen LogP contribution >= 0.6 is 11.8 Å². The van der Waals surface area contributed by atoms with Crippen molar-refractivity contribution in [3.63, 3.8) is 0 Å². The molecule has 124 valence electrons. The monoisotopic (exact) mass is 345 g/mol. The zero-order chi connectivity index (χ0) is 17.4. The third-order valence-electron chi connectivity index (χ3n) is 4.48. The van der Waals surface area contributed by atoms with E-state index in [1.807, 2.05) is 47.9 Å². The van der Waals surface area contributed by atoms with Crippen LogP contribution in [0.15, 0.2) is 77.7 Å². The van der Waals surface area contributed by atoms with Crippen molar-refractivity contribution in [1.29, 1.82) is 0 Å². The molecule has 0 saturated heterocycles. The lowest BCUT2D eigenvalue weighted by molar-refractivity contribution is 0.0925. The Morgan fingerprint density at radius 3 is 1.92 bits per heavy atom. The molecule has 3 aromatic carbocycles. The third kappa shape index (κ3) is 2.85. The highest BCUT2D eigenvalue weighted by atomic mass is 32.2. The molecule has 1 unspecified atom stereocenters. The highest BCUT2D eigenvalue weighted by Gasteiger charge is 2.21. The number of fused-ring (bicyclic) bond motifs is 3. The molecule has 4 aromatic rings. The van der Waals surface area contributed by atoms with Gasteiger partial charge in [0.25, 0.3) is 0 Å². The van der Waals surface area contributed by atoms with Crippen LogP contribution in [0.25, 0.3) is 21.8 Å². The first-order valence-corrected chi connectivity index (χ1v) is 9.29. The van der Waals surface area contributed by atoms with Crippen LogP contribution < -0.4 is 0 Å². The lowest BCUT2D eigenvalue weighted by atomic mass is 10.2. The SMILES string of the molecule is Cc1ccc(SC(C)C(=O)n2c3ccccc3c3ccccc32)cc1. The van der Waals surface area contributed by atoms with E-state index in [2.05, 4.69) is 43.3 Å². The Balaban J connectivity index is 1.77. The van der Waals surface area contributed by atoms with E-state index in [-0.39, 0.29) is 11.2 Å². The number of nitrogens with zero attached hydrogens (tertiary/aromatic N) is 1. The average Bonchev–Trinajstić information content (AvgIpc) is 2.97. The summed E-state index contributed by atoms with van der Waals surface area (Å²) in [7, 11) is 0. The fourth-order valence-electron chi connectivity index (χ4n) is 3.21. The van der Waals surface area contributed by atoms with E-state index in [4.69, 9.17) is 0 Å². The van der Waals surface area contributed by atoms with Crippen molar-refractivity contribution in [3.8, 4) is 0 Å². The lowest BCUT2D eigenvalue weighted by Gasteiger charge is -2.13. The van der Waals surface area contributed by atoms with Crippen molar-refractivity contribution in [2.24, 2.45) is 0 Å².